The zero-order valence-corrected chi connectivity index (χ0v) is 45.1. The summed E-state index contributed by atoms with van der Waals surface area (Å²) in [4.78, 5) is 58.8. The largest absolute Gasteiger partial charge is 0.388 e. The molecule has 10 heterocycles. The lowest BCUT2D eigenvalue weighted by Gasteiger charge is -2.39. The topological polar surface area (TPSA) is 363 Å². The van der Waals surface area contributed by atoms with Crippen molar-refractivity contribution in [2.75, 3.05) is 60.5 Å². The predicted octanol–water partition coefficient (Wildman–Crippen LogP) is 0.229. The van der Waals surface area contributed by atoms with Gasteiger partial charge in [-0.3, -0.25) is 0 Å². The highest BCUT2D eigenvalue weighted by atomic mass is 16.3. The summed E-state index contributed by atoms with van der Waals surface area (Å²) in [6, 6.07) is -2.44. The third-order valence-corrected chi connectivity index (χ3v) is 16.0. The number of anilines is 4. The smallest absolute Gasteiger partial charge is 0.320 e. The average molecular weight is 1100 g/mol. The highest BCUT2D eigenvalue weighted by Crippen LogP contribution is 2.41. The van der Waals surface area contributed by atoms with Crippen molar-refractivity contribution in [2.24, 2.45) is 14.1 Å². The molecule has 0 spiro atoms. The highest BCUT2D eigenvalue weighted by Gasteiger charge is 2.47. The number of nitrogens with zero attached hydrogens (tertiary/aromatic N) is 22. The number of aliphatic hydroxyl groups is 4. The van der Waals surface area contributed by atoms with Crippen molar-refractivity contribution < 1.29 is 25.2 Å². The standard InChI is InChI=1S/C49H68N26O5/c1-5-35-62-66-74(64-35)33-19-31(39(76)41(33)78)72-25-54-37-43(58-47(60-45(37)72)50-13-7-29-21-68(3)23-52-29)56-27-9-15-70(16-10-27)49(80)71-17-11-28(12-18-71)57-44-38-46(61-48(59-44)51-14-8-30-22-69(4)24-53-30)73(26-55-38)32-20-34(42(79)40(32)77)75-65-36(6-2)63-67-75/h21-28,31-34,39-42,76-79H,5-20H2,1-4H3,(H2,50,56,58,60)(H2,51,57,59,61)/t31-,32-,33+,34+,39-,40-,41+,42+/m1/s1. The van der Waals surface area contributed by atoms with Crippen molar-refractivity contribution in [1.82, 2.24) is 108 Å². The molecule has 0 aromatic carbocycles. The first-order chi connectivity index (χ1) is 38.9. The Balaban J connectivity index is 0.700. The van der Waals surface area contributed by atoms with Crippen molar-refractivity contribution in [1.29, 1.82) is 0 Å². The van der Waals surface area contributed by atoms with Gasteiger partial charge in [-0.25, -0.2) is 24.7 Å². The molecule has 8 atom stereocenters. The molecule has 2 aliphatic heterocycles. The van der Waals surface area contributed by atoms with Gasteiger partial charge in [-0.2, -0.15) is 29.5 Å². The van der Waals surface area contributed by atoms with E-state index in [0.29, 0.717) is 161 Å². The van der Waals surface area contributed by atoms with Crippen LogP contribution in [0.15, 0.2) is 37.7 Å². The number of piperidine rings is 2. The summed E-state index contributed by atoms with van der Waals surface area (Å²) >= 11 is 0. The van der Waals surface area contributed by atoms with E-state index in [-0.39, 0.29) is 18.1 Å². The zero-order valence-electron chi connectivity index (χ0n) is 45.1. The van der Waals surface area contributed by atoms with Crippen LogP contribution in [0.25, 0.3) is 22.3 Å². The van der Waals surface area contributed by atoms with E-state index in [1.807, 2.05) is 59.3 Å². The number of aromatic nitrogens is 20. The van der Waals surface area contributed by atoms with Crippen LogP contribution in [-0.4, -0.2) is 211 Å². The first-order valence-corrected chi connectivity index (χ1v) is 27.6. The number of amides is 2. The van der Waals surface area contributed by atoms with Gasteiger partial charge < -0.3 is 69.8 Å². The molecule has 0 radical (unpaired) electrons. The number of rotatable bonds is 18. The maximum Gasteiger partial charge on any atom is 0.320 e. The second kappa shape index (κ2) is 22.2. The van der Waals surface area contributed by atoms with Crippen LogP contribution in [0.4, 0.5) is 28.3 Å². The molecule has 2 aliphatic carbocycles. The Labute approximate surface area is 458 Å². The third-order valence-electron chi connectivity index (χ3n) is 16.0. The van der Waals surface area contributed by atoms with E-state index in [2.05, 4.69) is 62.1 Å². The number of imidazole rings is 4. The molecule has 2 saturated heterocycles. The van der Waals surface area contributed by atoms with Crippen LogP contribution in [-0.2, 0) is 39.8 Å². The quantitative estimate of drug-likeness (QED) is 0.0570. The summed E-state index contributed by atoms with van der Waals surface area (Å²) in [6.07, 6.45) is 11.9. The normalized spacial score (nSPS) is 23.9. The summed E-state index contributed by atoms with van der Waals surface area (Å²) < 4.78 is 7.40. The lowest BCUT2D eigenvalue weighted by Crippen LogP contribution is -2.51. The molecule has 8 aromatic heterocycles. The molecule has 4 fully saturated rings. The summed E-state index contributed by atoms with van der Waals surface area (Å²) in [5.74, 6) is 2.90. The van der Waals surface area contributed by atoms with Gasteiger partial charge in [0.15, 0.2) is 45.6 Å². The molecular formula is C49H68N26O5. The van der Waals surface area contributed by atoms with Crippen LogP contribution >= 0.6 is 0 Å². The van der Waals surface area contributed by atoms with Crippen LogP contribution in [0.5, 0.6) is 0 Å². The molecule has 31 nitrogen and oxygen atoms in total. The van der Waals surface area contributed by atoms with Gasteiger partial charge >= 0.3 is 6.03 Å². The molecule has 80 heavy (non-hydrogen) atoms. The van der Waals surface area contributed by atoms with Crippen LogP contribution in [0.3, 0.4) is 0 Å². The number of hydrogen-bond acceptors (Lipinski definition) is 23. The number of aryl methyl sites for hydroxylation is 4. The summed E-state index contributed by atoms with van der Waals surface area (Å²) in [5.41, 5.74) is 3.86. The van der Waals surface area contributed by atoms with E-state index in [9.17, 15) is 25.2 Å². The Kier molecular flexibility index (Phi) is 14.6. The number of carbonyl (C=O) groups excluding carboxylic acids is 1. The minimum Gasteiger partial charge on any atom is -0.388 e. The first-order valence-electron chi connectivity index (χ1n) is 27.6. The van der Waals surface area contributed by atoms with Crippen molar-refractivity contribution in [2.45, 2.75) is 139 Å². The fourth-order valence-corrected chi connectivity index (χ4v) is 11.5. The van der Waals surface area contributed by atoms with Gasteiger partial charge in [-0.1, -0.05) is 13.8 Å². The SMILES string of the molecule is CCc1nnn([C@H]2C[C@@H](n3cnc4c(NC5CCN(C(=O)N6CCC(Nc7nc(NCCc8cn(C)cn8)nc8c7ncn8[C@@H]7C[C@H](n8nnc(CC)n8)[C@H](O)[C@@H]7O)CC6)CC5)nc(NCCc5cn(C)cn5)nc43)[C@@H](O)[C@H]2O)n1. The highest BCUT2D eigenvalue weighted by molar-refractivity contribution is 5.85. The molecule has 4 aliphatic rings. The van der Waals surface area contributed by atoms with Crippen LogP contribution in [0, 0.1) is 0 Å². The average Bonchev–Trinajstić information content (AvgIpc) is 4.48. The number of nitrogens with one attached hydrogen (secondary N) is 4. The summed E-state index contributed by atoms with van der Waals surface area (Å²) in [6.45, 7) is 7.04. The van der Waals surface area contributed by atoms with Crippen molar-refractivity contribution >= 4 is 51.9 Å². The summed E-state index contributed by atoms with van der Waals surface area (Å²) in [7, 11) is 3.86. The molecule has 0 unspecified atom stereocenters. The van der Waals surface area contributed by atoms with Gasteiger partial charge in [-0.15, -0.1) is 20.4 Å². The van der Waals surface area contributed by atoms with E-state index in [1.165, 1.54) is 9.59 Å². The second-order valence-electron chi connectivity index (χ2n) is 21.4. The lowest BCUT2D eigenvalue weighted by atomic mass is 10.0. The maximum atomic E-state index is 14.2. The van der Waals surface area contributed by atoms with Gasteiger partial charge in [0.05, 0.1) is 48.8 Å². The van der Waals surface area contributed by atoms with Gasteiger partial charge in [0.1, 0.15) is 36.5 Å². The Morgan fingerprint density at radius 3 is 1.35 bits per heavy atom. The molecule has 2 saturated carbocycles. The molecule has 8 N–H and O–H groups in total. The molecule has 424 valence electrons. The number of likely N-dealkylation sites (tertiary alicyclic amines) is 2. The second-order valence-corrected chi connectivity index (χ2v) is 21.4. The fraction of sp³-hybridized carbons (Fsp3) is 0.612. The van der Waals surface area contributed by atoms with E-state index in [0.717, 1.165) is 11.4 Å². The number of aliphatic hydroxyl groups excluding tert-OH is 4. The van der Waals surface area contributed by atoms with Gasteiger partial charge in [0.2, 0.25) is 11.9 Å². The van der Waals surface area contributed by atoms with Crippen LogP contribution < -0.4 is 21.3 Å². The Morgan fingerprint density at radius 1 is 0.562 bits per heavy atom. The van der Waals surface area contributed by atoms with E-state index in [4.69, 9.17) is 29.9 Å². The van der Waals surface area contributed by atoms with E-state index >= 15 is 0 Å². The van der Waals surface area contributed by atoms with Gasteiger partial charge in [0, 0.05) is 104 Å². The number of urea groups is 1. The Morgan fingerprint density at radius 2 is 0.975 bits per heavy atom. The summed E-state index contributed by atoms with van der Waals surface area (Å²) in [5, 5.41) is 84.7. The molecule has 0 bridgehead atoms. The number of carbonyl (C=O) groups is 1. The Bertz CT molecular complexity index is 3200. The number of fused-ring (bicyclic) bond motifs is 2. The number of hydrogen-bond donors (Lipinski definition) is 8. The van der Waals surface area contributed by atoms with Crippen LogP contribution in [0.2, 0.25) is 0 Å². The monoisotopic (exact) mass is 1100 g/mol. The molecule has 2 amide bonds. The third kappa shape index (κ3) is 10.5. The van der Waals surface area contributed by atoms with Crippen molar-refractivity contribution in [3.8, 4) is 0 Å². The minimum absolute atomic E-state index is 0.00253. The molecular weight excluding hydrogens is 1030 g/mol. The van der Waals surface area contributed by atoms with Gasteiger partial charge in [-0.05, 0) is 49.0 Å². The van der Waals surface area contributed by atoms with Crippen molar-refractivity contribution in [3.63, 3.8) is 0 Å². The lowest BCUT2D eigenvalue weighted by molar-refractivity contribution is 0.00473. The molecule has 8 aromatic rings. The Hall–Kier alpha value is -8.03. The van der Waals surface area contributed by atoms with Gasteiger partial charge in [0.25, 0.3) is 0 Å². The van der Waals surface area contributed by atoms with Crippen LogP contribution in [0.1, 0.15) is 99.6 Å². The van der Waals surface area contributed by atoms with E-state index < -0.39 is 48.6 Å². The fourth-order valence-electron chi connectivity index (χ4n) is 11.5. The van der Waals surface area contributed by atoms with Crippen molar-refractivity contribution in [3.05, 3.63) is 60.7 Å². The minimum atomic E-state index is -1.15. The predicted molar refractivity (Wildman–Crippen MR) is 287 cm³/mol. The number of tetrazole rings is 2. The molecule has 31 heteroatoms. The first kappa shape index (κ1) is 52.7. The maximum absolute atomic E-state index is 14.2. The van der Waals surface area contributed by atoms with E-state index in [1.54, 1.807) is 34.4 Å². The molecule has 12 rings (SSSR count). The zero-order chi connectivity index (χ0) is 55.2.